The Morgan fingerprint density at radius 2 is 1.53 bits per heavy atom. The van der Waals surface area contributed by atoms with Crippen LogP contribution in [-0.4, -0.2) is 49.2 Å². The Bertz CT molecular complexity index is 1030. The summed E-state index contributed by atoms with van der Waals surface area (Å²) in [6, 6.07) is 29.4. The number of esters is 2. The first kappa shape index (κ1) is 24.0. The number of carbonyl (C=O) groups is 2. The van der Waals surface area contributed by atoms with Crippen LogP contribution in [0.4, 0.5) is 0 Å². The minimum Gasteiger partial charge on any atom is -0.465 e. The molecule has 0 amide bonds. The highest BCUT2D eigenvalue weighted by Crippen LogP contribution is 2.31. The molecule has 0 saturated carbocycles. The predicted octanol–water partition coefficient (Wildman–Crippen LogP) is 4.51. The quantitative estimate of drug-likeness (QED) is 0.318. The molecule has 1 atom stereocenters. The molecule has 176 valence electrons. The zero-order chi connectivity index (χ0) is 23.8. The lowest BCUT2D eigenvalue weighted by Gasteiger charge is -2.25. The predicted molar refractivity (Wildman–Crippen MR) is 133 cm³/mol. The van der Waals surface area contributed by atoms with E-state index in [1.807, 2.05) is 17.0 Å². The number of ether oxygens (including phenoxy) is 2. The third-order valence-corrected chi connectivity index (χ3v) is 8.02. The van der Waals surface area contributed by atoms with Crippen molar-refractivity contribution < 1.29 is 19.1 Å². The smallest absolute Gasteiger partial charge is 0.323 e. The fourth-order valence-electron chi connectivity index (χ4n) is 4.12. The van der Waals surface area contributed by atoms with E-state index in [0.717, 1.165) is 12.0 Å². The lowest BCUT2D eigenvalue weighted by atomic mass is 10.1. The Balaban J connectivity index is 1.49. The third kappa shape index (κ3) is 6.07. The summed E-state index contributed by atoms with van der Waals surface area (Å²) in [5.74, 6) is -0.568. The third-order valence-electron chi connectivity index (χ3n) is 5.79. The second kappa shape index (κ2) is 11.9. The number of carbonyl (C=O) groups excluding carboxylic acids is 2. The molecule has 1 heterocycles. The van der Waals surface area contributed by atoms with Crippen LogP contribution in [0, 0.1) is 0 Å². The lowest BCUT2D eigenvalue weighted by molar-refractivity contribution is -0.147. The van der Waals surface area contributed by atoms with Gasteiger partial charge in [0.25, 0.3) is 0 Å². The summed E-state index contributed by atoms with van der Waals surface area (Å²) in [7, 11) is -0.185. The van der Waals surface area contributed by atoms with Gasteiger partial charge in [-0.2, -0.15) is 0 Å². The highest BCUT2D eigenvalue weighted by atomic mass is 32.2. The largest absolute Gasteiger partial charge is 0.465 e. The number of hydrogen-bond donors (Lipinski definition) is 0. The molecule has 5 nitrogen and oxygen atoms in total. The zero-order valence-corrected chi connectivity index (χ0v) is 20.2. The highest BCUT2D eigenvalue weighted by Gasteiger charge is 2.33. The van der Waals surface area contributed by atoms with Gasteiger partial charge in [-0.05, 0) is 55.3 Å². The molecule has 0 spiro atoms. The topological polar surface area (TPSA) is 55.8 Å². The van der Waals surface area contributed by atoms with Crippen molar-refractivity contribution in [3.8, 4) is 0 Å². The number of rotatable bonds is 10. The molecule has 0 radical (unpaired) electrons. The first-order chi connectivity index (χ1) is 16.7. The van der Waals surface area contributed by atoms with Crippen LogP contribution in [0.3, 0.4) is 0 Å². The van der Waals surface area contributed by atoms with E-state index in [0.29, 0.717) is 26.2 Å². The standard InChI is InChI=1S/C28H30NO4S/c1-2-32-27(30)21-29(26-18-20-33-28(26)31)19-17-22-13-15-25(16-14-22)34(23-9-5-3-6-10-23)24-11-7-4-8-12-24/h3-16,26H,2,17-21H2,1H3/q+1. The van der Waals surface area contributed by atoms with E-state index in [-0.39, 0.29) is 35.4 Å². The van der Waals surface area contributed by atoms with Crippen LogP contribution in [0.25, 0.3) is 0 Å². The average Bonchev–Trinajstić information content (AvgIpc) is 3.30. The summed E-state index contributed by atoms with van der Waals surface area (Å²) in [5.41, 5.74) is 1.16. The molecule has 0 aliphatic carbocycles. The molecule has 3 aromatic rings. The van der Waals surface area contributed by atoms with Gasteiger partial charge in [0.2, 0.25) is 0 Å². The molecule has 1 fully saturated rings. The molecule has 1 saturated heterocycles. The van der Waals surface area contributed by atoms with Gasteiger partial charge in [-0.25, -0.2) is 0 Å². The van der Waals surface area contributed by atoms with Gasteiger partial charge in [-0.1, -0.05) is 48.5 Å². The van der Waals surface area contributed by atoms with Gasteiger partial charge in [0, 0.05) is 13.0 Å². The number of benzene rings is 3. The van der Waals surface area contributed by atoms with Crippen LogP contribution >= 0.6 is 0 Å². The second-order valence-corrected chi connectivity index (χ2v) is 10.1. The summed E-state index contributed by atoms with van der Waals surface area (Å²) in [5, 5.41) is 0. The molecular weight excluding hydrogens is 446 g/mol. The molecule has 0 N–H and O–H groups in total. The maximum Gasteiger partial charge on any atom is 0.323 e. The highest BCUT2D eigenvalue weighted by molar-refractivity contribution is 7.97. The van der Waals surface area contributed by atoms with E-state index < -0.39 is 0 Å². The SMILES string of the molecule is CCOC(=O)CN(CCc1ccc([S+](c2ccccc2)c2ccccc2)cc1)C1CCOC1=O. The fourth-order valence-corrected chi connectivity index (χ4v) is 6.20. The van der Waals surface area contributed by atoms with Gasteiger partial charge >= 0.3 is 11.9 Å². The van der Waals surface area contributed by atoms with E-state index in [2.05, 4.69) is 72.8 Å². The Hall–Kier alpha value is -3.09. The molecule has 4 rings (SSSR count). The Morgan fingerprint density at radius 1 is 0.941 bits per heavy atom. The summed E-state index contributed by atoms with van der Waals surface area (Å²) in [6.07, 6.45) is 1.34. The molecule has 1 aliphatic heterocycles. The first-order valence-corrected chi connectivity index (χ1v) is 12.9. The zero-order valence-electron chi connectivity index (χ0n) is 19.4. The summed E-state index contributed by atoms with van der Waals surface area (Å²) in [4.78, 5) is 29.9. The van der Waals surface area contributed by atoms with Crippen LogP contribution in [0.2, 0.25) is 0 Å². The van der Waals surface area contributed by atoms with E-state index in [1.165, 1.54) is 14.7 Å². The van der Waals surface area contributed by atoms with Gasteiger partial charge in [0.1, 0.15) is 6.04 Å². The Kier molecular flexibility index (Phi) is 8.39. The number of hydrogen-bond acceptors (Lipinski definition) is 5. The number of nitrogens with zero attached hydrogens (tertiary/aromatic N) is 1. The van der Waals surface area contributed by atoms with E-state index >= 15 is 0 Å². The lowest BCUT2D eigenvalue weighted by Crippen LogP contribution is -2.43. The van der Waals surface area contributed by atoms with Crippen molar-refractivity contribution in [1.29, 1.82) is 0 Å². The maximum absolute atomic E-state index is 12.1. The maximum atomic E-state index is 12.1. The van der Waals surface area contributed by atoms with E-state index in [4.69, 9.17) is 9.47 Å². The molecular formula is C28H30NO4S+. The van der Waals surface area contributed by atoms with Crippen LogP contribution in [0.15, 0.2) is 99.6 Å². The van der Waals surface area contributed by atoms with Crippen molar-refractivity contribution >= 4 is 22.8 Å². The molecule has 1 unspecified atom stereocenters. The molecule has 1 aliphatic rings. The normalized spacial score (nSPS) is 15.5. The summed E-state index contributed by atoms with van der Waals surface area (Å²) in [6.45, 7) is 3.19. The summed E-state index contributed by atoms with van der Waals surface area (Å²) < 4.78 is 10.2. The van der Waals surface area contributed by atoms with Crippen molar-refractivity contribution in [3.05, 3.63) is 90.5 Å². The second-order valence-electron chi connectivity index (χ2n) is 8.07. The Morgan fingerprint density at radius 3 is 2.06 bits per heavy atom. The fraction of sp³-hybridized carbons (Fsp3) is 0.286. The van der Waals surface area contributed by atoms with Crippen LogP contribution in [0.1, 0.15) is 18.9 Å². The summed E-state index contributed by atoms with van der Waals surface area (Å²) >= 11 is 0. The van der Waals surface area contributed by atoms with Crippen molar-refractivity contribution in [2.75, 3.05) is 26.3 Å². The minimum absolute atomic E-state index is 0.0944. The van der Waals surface area contributed by atoms with Crippen LogP contribution in [-0.2, 0) is 36.4 Å². The van der Waals surface area contributed by atoms with Crippen molar-refractivity contribution in [2.45, 2.75) is 40.5 Å². The monoisotopic (exact) mass is 476 g/mol. The molecule has 3 aromatic carbocycles. The average molecular weight is 477 g/mol. The van der Waals surface area contributed by atoms with Gasteiger partial charge in [-0.15, -0.1) is 0 Å². The molecule has 0 aromatic heterocycles. The molecule has 0 bridgehead atoms. The van der Waals surface area contributed by atoms with Gasteiger partial charge in [0.05, 0.1) is 30.7 Å². The van der Waals surface area contributed by atoms with E-state index in [9.17, 15) is 9.59 Å². The minimum atomic E-state index is -0.384. The number of cyclic esters (lactones) is 1. The molecule has 6 heteroatoms. The molecule has 34 heavy (non-hydrogen) atoms. The van der Waals surface area contributed by atoms with Gasteiger partial charge in [0.15, 0.2) is 14.7 Å². The van der Waals surface area contributed by atoms with E-state index in [1.54, 1.807) is 6.92 Å². The van der Waals surface area contributed by atoms with Crippen LogP contribution < -0.4 is 0 Å². The van der Waals surface area contributed by atoms with Crippen molar-refractivity contribution in [3.63, 3.8) is 0 Å². The van der Waals surface area contributed by atoms with Gasteiger partial charge < -0.3 is 9.47 Å². The van der Waals surface area contributed by atoms with Crippen molar-refractivity contribution in [1.82, 2.24) is 4.90 Å². The Labute approximate surface area is 204 Å². The van der Waals surface area contributed by atoms with Gasteiger partial charge in [-0.3, -0.25) is 14.5 Å². The van der Waals surface area contributed by atoms with Crippen LogP contribution in [0.5, 0.6) is 0 Å². The van der Waals surface area contributed by atoms with Crippen molar-refractivity contribution in [2.24, 2.45) is 0 Å². The first-order valence-electron chi connectivity index (χ1n) is 11.7.